The molecule has 5 rings (SSSR count). The summed E-state index contributed by atoms with van der Waals surface area (Å²) in [4.78, 5) is 16.6. The molecule has 190 valence electrons. The molecule has 3 atom stereocenters. The number of ether oxygens (including phenoxy) is 2. The van der Waals surface area contributed by atoms with Gasteiger partial charge in [0, 0.05) is 13.6 Å². The van der Waals surface area contributed by atoms with Gasteiger partial charge in [-0.15, -0.1) is 0 Å². The molecule has 36 heavy (non-hydrogen) atoms. The minimum atomic E-state index is -0.0649. The van der Waals surface area contributed by atoms with Crippen LogP contribution in [0.4, 0.5) is 11.8 Å². The van der Waals surface area contributed by atoms with Gasteiger partial charge in [0.15, 0.2) is 11.5 Å². The molecule has 2 aliphatic rings. The number of fused-ring (bicyclic) bond motifs is 1. The molecule has 2 aromatic heterocycles. The number of morpholine rings is 1. The van der Waals surface area contributed by atoms with Gasteiger partial charge in [-0.25, -0.2) is 4.98 Å². The van der Waals surface area contributed by atoms with Gasteiger partial charge in [0.1, 0.15) is 17.4 Å². The van der Waals surface area contributed by atoms with E-state index < -0.39 is 0 Å². The van der Waals surface area contributed by atoms with Gasteiger partial charge in [-0.05, 0) is 34.6 Å². The Bertz CT molecular complexity index is 1290. The molecule has 3 unspecified atom stereocenters. The largest absolute Gasteiger partial charge is 0.497 e. The highest BCUT2D eigenvalue weighted by Crippen LogP contribution is 2.33. The van der Waals surface area contributed by atoms with E-state index in [0.717, 1.165) is 29.2 Å². The van der Waals surface area contributed by atoms with Crippen LogP contribution in [0.2, 0.25) is 0 Å². The number of anilines is 2. The number of benzene rings is 1. The predicted molar refractivity (Wildman–Crippen MR) is 143 cm³/mol. The smallest absolute Gasteiger partial charge is 0.229 e. The summed E-state index contributed by atoms with van der Waals surface area (Å²) in [6.45, 7) is 11.0. The van der Waals surface area contributed by atoms with Crippen LogP contribution < -0.4 is 15.0 Å². The van der Waals surface area contributed by atoms with Crippen LogP contribution in [0.15, 0.2) is 54.4 Å². The summed E-state index contributed by atoms with van der Waals surface area (Å²) in [5.74, 6) is 2.64. The molecular formula is C28H36N6O2. The molecule has 1 N–H and O–H groups in total. The van der Waals surface area contributed by atoms with Gasteiger partial charge < -0.3 is 24.3 Å². The lowest BCUT2D eigenvalue weighted by Crippen LogP contribution is -2.39. The molecule has 8 nitrogen and oxygen atoms in total. The summed E-state index contributed by atoms with van der Waals surface area (Å²) in [5.41, 5.74) is 4.12. The number of nitrogens with zero attached hydrogens (tertiary/aromatic N) is 5. The predicted octanol–water partition coefficient (Wildman–Crippen LogP) is 4.91. The van der Waals surface area contributed by atoms with Crippen molar-refractivity contribution in [2.45, 2.75) is 39.8 Å². The van der Waals surface area contributed by atoms with Crippen LogP contribution in [0.1, 0.15) is 39.4 Å². The first-order valence-corrected chi connectivity index (χ1v) is 12.6. The minimum Gasteiger partial charge on any atom is -0.497 e. The second kappa shape index (κ2) is 9.58. The standard InChI is InChI=1S/C28H36N6O2/c1-18-7-10-20(28(2,3)4)15-22(18)30-26-24-25(29-17-33(24)5)31-27(32-26)34-13-14-36-23(16-34)19-8-11-21(35-6)12-9-19/h7-12,15,17-18,22-23H,13-14,16H2,1-6H3,(H,30,31,32). The monoisotopic (exact) mass is 488 g/mol. The number of aromatic nitrogens is 4. The maximum Gasteiger partial charge on any atom is 0.229 e. The molecule has 0 bridgehead atoms. The lowest BCUT2D eigenvalue weighted by molar-refractivity contribution is 0.0392. The molecule has 3 heterocycles. The van der Waals surface area contributed by atoms with Gasteiger partial charge in [0.25, 0.3) is 0 Å². The van der Waals surface area contributed by atoms with Crippen molar-refractivity contribution in [2.75, 3.05) is 37.0 Å². The third kappa shape index (κ3) is 4.82. The molecular weight excluding hydrogens is 452 g/mol. The van der Waals surface area contributed by atoms with Gasteiger partial charge in [0.2, 0.25) is 5.95 Å². The first-order valence-electron chi connectivity index (χ1n) is 12.6. The number of hydrogen-bond donors (Lipinski definition) is 1. The Kier molecular flexibility index (Phi) is 6.47. The van der Waals surface area contributed by atoms with E-state index in [9.17, 15) is 0 Å². The van der Waals surface area contributed by atoms with E-state index in [1.54, 1.807) is 13.4 Å². The summed E-state index contributed by atoms with van der Waals surface area (Å²) in [6, 6.07) is 8.17. The van der Waals surface area contributed by atoms with Gasteiger partial charge in [-0.2, -0.15) is 9.97 Å². The van der Waals surface area contributed by atoms with E-state index >= 15 is 0 Å². The Labute approximate surface area is 213 Å². The van der Waals surface area contributed by atoms with Gasteiger partial charge in [-0.1, -0.05) is 58.1 Å². The van der Waals surface area contributed by atoms with Crippen molar-refractivity contribution in [1.82, 2.24) is 19.5 Å². The Morgan fingerprint density at radius 1 is 1.14 bits per heavy atom. The molecule has 3 aromatic rings. The zero-order valence-electron chi connectivity index (χ0n) is 22.0. The summed E-state index contributed by atoms with van der Waals surface area (Å²) in [6.07, 6.45) is 8.60. The number of hydrogen-bond acceptors (Lipinski definition) is 7. The van der Waals surface area contributed by atoms with Gasteiger partial charge >= 0.3 is 0 Å². The van der Waals surface area contributed by atoms with Crippen molar-refractivity contribution in [1.29, 1.82) is 0 Å². The van der Waals surface area contributed by atoms with Crippen LogP contribution in [0.3, 0.4) is 0 Å². The first-order chi connectivity index (χ1) is 17.2. The van der Waals surface area contributed by atoms with E-state index in [2.05, 4.69) is 73.3 Å². The molecule has 1 aliphatic carbocycles. The number of imidazole rings is 1. The molecule has 0 radical (unpaired) electrons. The zero-order chi connectivity index (χ0) is 25.4. The Balaban J connectivity index is 1.45. The molecule has 0 amide bonds. The van der Waals surface area contributed by atoms with Crippen LogP contribution in [0.25, 0.3) is 11.2 Å². The van der Waals surface area contributed by atoms with Crippen molar-refractivity contribution in [3.8, 4) is 5.75 Å². The van der Waals surface area contributed by atoms with Crippen LogP contribution >= 0.6 is 0 Å². The van der Waals surface area contributed by atoms with Crippen LogP contribution in [0, 0.1) is 11.3 Å². The quantitative estimate of drug-likeness (QED) is 0.547. The summed E-state index contributed by atoms with van der Waals surface area (Å²) in [7, 11) is 3.66. The number of allylic oxidation sites excluding steroid dienone is 2. The second-order valence-electron chi connectivity index (χ2n) is 10.7. The third-order valence-electron chi connectivity index (χ3n) is 7.07. The second-order valence-corrected chi connectivity index (χ2v) is 10.7. The SMILES string of the molecule is COc1ccc(C2CN(c3nc(NC4C=C(C(C)(C)C)C=CC4C)c4c(ncn4C)n3)CCO2)cc1. The van der Waals surface area contributed by atoms with Gasteiger partial charge in [-0.3, -0.25) is 0 Å². The third-order valence-corrected chi connectivity index (χ3v) is 7.07. The van der Waals surface area contributed by atoms with E-state index in [1.165, 1.54) is 5.57 Å². The Morgan fingerprint density at radius 2 is 1.92 bits per heavy atom. The molecule has 0 spiro atoms. The van der Waals surface area contributed by atoms with Crippen molar-refractivity contribution < 1.29 is 9.47 Å². The number of nitrogens with one attached hydrogen (secondary N) is 1. The van der Waals surface area contributed by atoms with Crippen molar-refractivity contribution >= 4 is 22.9 Å². The van der Waals surface area contributed by atoms with Crippen LogP contribution in [-0.4, -0.2) is 52.4 Å². The normalized spacial score (nSPS) is 22.6. The fourth-order valence-electron chi connectivity index (χ4n) is 4.75. The molecule has 1 fully saturated rings. The molecule has 0 saturated carbocycles. The fourth-order valence-corrected chi connectivity index (χ4v) is 4.75. The average Bonchev–Trinajstić information content (AvgIpc) is 3.25. The first kappa shape index (κ1) is 24.3. The molecule has 1 aromatic carbocycles. The van der Waals surface area contributed by atoms with Crippen LogP contribution in [-0.2, 0) is 11.8 Å². The van der Waals surface area contributed by atoms with E-state index in [0.29, 0.717) is 30.7 Å². The van der Waals surface area contributed by atoms with E-state index in [4.69, 9.17) is 19.4 Å². The lowest BCUT2D eigenvalue weighted by atomic mass is 9.80. The summed E-state index contributed by atoms with van der Waals surface area (Å²) >= 11 is 0. The molecule has 1 aliphatic heterocycles. The van der Waals surface area contributed by atoms with Crippen molar-refractivity contribution in [2.24, 2.45) is 18.4 Å². The van der Waals surface area contributed by atoms with E-state index in [1.807, 2.05) is 23.7 Å². The summed E-state index contributed by atoms with van der Waals surface area (Å²) < 4.78 is 13.4. The number of aryl methyl sites for hydroxylation is 1. The fraction of sp³-hybridized carbons (Fsp3) is 0.464. The maximum atomic E-state index is 6.10. The van der Waals surface area contributed by atoms with Crippen LogP contribution in [0.5, 0.6) is 5.75 Å². The highest BCUT2D eigenvalue weighted by molar-refractivity contribution is 5.85. The molecule has 1 saturated heterocycles. The Morgan fingerprint density at radius 3 is 2.64 bits per heavy atom. The Hall–Kier alpha value is -3.39. The topological polar surface area (TPSA) is 77.3 Å². The minimum absolute atomic E-state index is 0.0649. The lowest BCUT2D eigenvalue weighted by Gasteiger charge is -2.34. The summed E-state index contributed by atoms with van der Waals surface area (Å²) in [5, 5.41) is 3.73. The number of rotatable bonds is 5. The highest BCUT2D eigenvalue weighted by atomic mass is 16.5. The maximum absolute atomic E-state index is 6.10. The zero-order valence-corrected chi connectivity index (χ0v) is 22.0. The molecule has 8 heteroatoms. The highest BCUT2D eigenvalue weighted by Gasteiger charge is 2.28. The van der Waals surface area contributed by atoms with E-state index in [-0.39, 0.29) is 17.6 Å². The van der Waals surface area contributed by atoms with Crippen molar-refractivity contribution in [3.63, 3.8) is 0 Å². The van der Waals surface area contributed by atoms with Crippen molar-refractivity contribution in [3.05, 3.63) is 60.0 Å². The average molecular weight is 489 g/mol. The number of methoxy groups -OCH3 is 1. The van der Waals surface area contributed by atoms with Gasteiger partial charge in [0.05, 0.1) is 32.6 Å².